The number of rotatable bonds is 3. The van der Waals surface area contributed by atoms with Crippen molar-refractivity contribution >= 4 is 5.69 Å². The zero-order valence-corrected chi connectivity index (χ0v) is 9.80. The summed E-state index contributed by atoms with van der Waals surface area (Å²) in [6.07, 6.45) is -3.78. The summed E-state index contributed by atoms with van der Waals surface area (Å²) in [7, 11) is 0. The van der Waals surface area contributed by atoms with E-state index >= 15 is 0 Å². The highest BCUT2D eigenvalue weighted by molar-refractivity contribution is 5.39. The Morgan fingerprint density at radius 2 is 1.89 bits per heavy atom. The van der Waals surface area contributed by atoms with Gasteiger partial charge >= 0.3 is 6.18 Å². The number of nitrogens with zero attached hydrogens (tertiary/aromatic N) is 2. The highest BCUT2D eigenvalue weighted by Crippen LogP contribution is 2.28. The first kappa shape index (κ1) is 13.4. The number of nitrogen functional groups attached to an aromatic ring is 1. The van der Waals surface area contributed by atoms with Crippen molar-refractivity contribution in [3.05, 3.63) is 47.8 Å². The Morgan fingerprint density at radius 1 is 1.26 bits per heavy atom. The standard InChI is InChI=1S/C12H12F3N3O/c13-12(14,15)9-5-17-18(6-9)7-11(19)8-1-3-10(16)4-2-8/h1-6,11,19H,7,16H2. The highest BCUT2D eigenvalue weighted by Gasteiger charge is 2.32. The van der Waals surface area contributed by atoms with Gasteiger partial charge in [-0.15, -0.1) is 0 Å². The molecule has 2 aromatic rings. The molecule has 0 radical (unpaired) electrons. The third kappa shape index (κ3) is 3.25. The van der Waals surface area contributed by atoms with E-state index in [1.807, 2.05) is 0 Å². The van der Waals surface area contributed by atoms with E-state index in [2.05, 4.69) is 5.10 Å². The van der Waals surface area contributed by atoms with Crippen molar-refractivity contribution in [1.29, 1.82) is 0 Å². The summed E-state index contributed by atoms with van der Waals surface area (Å²) in [5.74, 6) is 0. The number of aromatic nitrogens is 2. The molecule has 4 nitrogen and oxygen atoms in total. The molecule has 0 spiro atoms. The molecule has 1 heterocycles. The minimum absolute atomic E-state index is 0.0556. The maximum absolute atomic E-state index is 12.4. The van der Waals surface area contributed by atoms with Crippen molar-refractivity contribution in [3.63, 3.8) is 0 Å². The molecule has 3 N–H and O–H groups in total. The molecule has 1 aromatic carbocycles. The number of nitrogens with two attached hydrogens (primary N) is 1. The molecule has 0 bridgehead atoms. The second-order valence-electron chi connectivity index (χ2n) is 4.13. The summed E-state index contributed by atoms with van der Waals surface area (Å²) in [5, 5.41) is 13.5. The van der Waals surface area contributed by atoms with Crippen molar-refractivity contribution in [2.45, 2.75) is 18.8 Å². The lowest BCUT2D eigenvalue weighted by Gasteiger charge is -2.11. The number of aliphatic hydroxyl groups is 1. The van der Waals surface area contributed by atoms with Crippen molar-refractivity contribution in [2.24, 2.45) is 0 Å². The normalized spacial score (nSPS) is 13.5. The Hall–Kier alpha value is -2.02. The van der Waals surface area contributed by atoms with Gasteiger partial charge in [0.1, 0.15) is 0 Å². The summed E-state index contributed by atoms with van der Waals surface area (Å²) in [4.78, 5) is 0. The molecule has 1 unspecified atom stereocenters. The van der Waals surface area contributed by atoms with E-state index in [4.69, 9.17) is 5.73 Å². The Morgan fingerprint density at radius 3 is 2.42 bits per heavy atom. The van der Waals surface area contributed by atoms with Gasteiger partial charge in [-0.3, -0.25) is 4.68 Å². The van der Waals surface area contributed by atoms with Crippen LogP contribution in [-0.2, 0) is 12.7 Å². The fraction of sp³-hybridized carbons (Fsp3) is 0.250. The van der Waals surface area contributed by atoms with E-state index in [0.717, 1.165) is 17.1 Å². The average molecular weight is 271 g/mol. The van der Waals surface area contributed by atoms with Gasteiger partial charge in [0.2, 0.25) is 0 Å². The average Bonchev–Trinajstić information content (AvgIpc) is 2.78. The predicted molar refractivity (Wildman–Crippen MR) is 63.0 cm³/mol. The number of hydrogen-bond donors (Lipinski definition) is 2. The summed E-state index contributed by atoms with van der Waals surface area (Å²) in [6.45, 7) is -0.0556. The van der Waals surface area contributed by atoms with Crippen LogP contribution in [0.15, 0.2) is 36.7 Å². The molecular weight excluding hydrogens is 259 g/mol. The van der Waals surface area contributed by atoms with Crippen LogP contribution >= 0.6 is 0 Å². The lowest BCUT2D eigenvalue weighted by Crippen LogP contribution is -2.09. The zero-order valence-electron chi connectivity index (χ0n) is 9.80. The van der Waals surface area contributed by atoms with E-state index in [1.165, 1.54) is 0 Å². The lowest BCUT2D eigenvalue weighted by atomic mass is 10.1. The van der Waals surface area contributed by atoms with Gasteiger partial charge in [-0.25, -0.2) is 0 Å². The number of alkyl halides is 3. The second kappa shape index (κ2) is 4.93. The topological polar surface area (TPSA) is 64.1 Å². The second-order valence-corrected chi connectivity index (χ2v) is 4.13. The first-order chi connectivity index (χ1) is 8.86. The molecule has 0 aliphatic heterocycles. The molecule has 7 heteroatoms. The van der Waals surface area contributed by atoms with Crippen LogP contribution in [0, 0.1) is 0 Å². The van der Waals surface area contributed by atoms with Crippen molar-refractivity contribution < 1.29 is 18.3 Å². The maximum Gasteiger partial charge on any atom is 0.419 e. The third-order valence-corrected chi connectivity index (χ3v) is 2.64. The van der Waals surface area contributed by atoms with Crippen LogP contribution in [0.5, 0.6) is 0 Å². The fourth-order valence-electron chi connectivity index (χ4n) is 1.61. The van der Waals surface area contributed by atoms with E-state index in [0.29, 0.717) is 11.3 Å². The molecule has 1 atom stereocenters. The monoisotopic (exact) mass is 271 g/mol. The van der Waals surface area contributed by atoms with Crippen LogP contribution < -0.4 is 5.73 Å². The number of aliphatic hydroxyl groups excluding tert-OH is 1. The van der Waals surface area contributed by atoms with Gasteiger partial charge in [0.05, 0.1) is 24.4 Å². The number of anilines is 1. The Balaban J connectivity index is 2.08. The van der Waals surface area contributed by atoms with Crippen LogP contribution in [0.3, 0.4) is 0 Å². The van der Waals surface area contributed by atoms with Crippen molar-refractivity contribution in [2.75, 3.05) is 5.73 Å². The van der Waals surface area contributed by atoms with E-state index in [-0.39, 0.29) is 6.54 Å². The number of halogens is 3. The van der Waals surface area contributed by atoms with Gasteiger partial charge in [0, 0.05) is 11.9 Å². The summed E-state index contributed by atoms with van der Waals surface area (Å²) < 4.78 is 38.2. The van der Waals surface area contributed by atoms with Gasteiger partial charge in [0.25, 0.3) is 0 Å². The smallest absolute Gasteiger partial charge is 0.399 e. The zero-order chi connectivity index (χ0) is 14.0. The number of hydrogen-bond acceptors (Lipinski definition) is 3. The predicted octanol–water partition coefficient (Wildman–Crippen LogP) is 2.22. The van der Waals surface area contributed by atoms with E-state index < -0.39 is 17.8 Å². The molecule has 19 heavy (non-hydrogen) atoms. The van der Waals surface area contributed by atoms with Gasteiger partial charge < -0.3 is 10.8 Å². The van der Waals surface area contributed by atoms with Crippen molar-refractivity contribution in [1.82, 2.24) is 9.78 Å². The van der Waals surface area contributed by atoms with Crippen LogP contribution in [0.2, 0.25) is 0 Å². The minimum atomic E-state index is -4.43. The first-order valence-corrected chi connectivity index (χ1v) is 5.49. The Kier molecular flexibility index (Phi) is 3.48. The molecule has 0 saturated heterocycles. The molecular formula is C12H12F3N3O. The summed E-state index contributed by atoms with van der Waals surface area (Å²) >= 11 is 0. The highest BCUT2D eigenvalue weighted by atomic mass is 19.4. The molecule has 0 saturated carbocycles. The SMILES string of the molecule is Nc1ccc(C(O)Cn2cc(C(F)(F)F)cn2)cc1. The van der Waals surface area contributed by atoms with E-state index in [1.54, 1.807) is 24.3 Å². The van der Waals surface area contributed by atoms with Gasteiger partial charge in [0.15, 0.2) is 0 Å². The van der Waals surface area contributed by atoms with Crippen LogP contribution in [0.1, 0.15) is 17.2 Å². The molecule has 2 rings (SSSR count). The largest absolute Gasteiger partial charge is 0.419 e. The van der Waals surface area contributed by atoms with E-state index in [9.17, 15) is 18.3 Å². The molecule has 0 amide bonds. The molecule has 0 aliphatic carbocycles. The minimum Gasteiger partial charge on any atom is -0.399 e. The summed E-state index contributed by atoms with van der Waals surface area (Å²) in [6, 6.07) is 6.47. The van der Waals surface area contributed by atoms with Crippen LogP contribution in [0.4, 0.5) is 18.9 Å². The first-order valence-electron chi connectivity index (χ1n) is 5.49. The van der Waals surface area contributed by atoms with Gasteiger partial charge in [-0.1, -0.05) is 12.1 Å². The van der Waals surface area contributed by atoms with Gasteiger partial charge in [-0.2, -0.15) is 18.3 Å². The summed E-state index contributed by atoms with van der Waals surface area (Å²) in [5.41, 5.74) is 5.79. The molecule has 0 fully saturated rings. The molecule has 102 valence electrons. The quantitative estimate of drug-likeness (QED) is 0.841. The van der Waals surface area contributed by atoms with Crippen molar-refractivity contribution in [3.8, 4) is 0 Å². The Bertz CT molecular complexity index is 548. The molecule has 1 aromatic heterocycles. The van der Waals surface area contributed by atoms with Crippen LogP contribution in [0.25, 0.3) is 0 Å². The Labute approximate surface area is 107 Å². The van der Waals surface area contributed by atoms with Gasteiger partial charge in [-0.05, 0) is 17.7 Å². The lowest BCUT2D eigenvalue weighted by molar-refractivity contribution is -0.137. The fourth-order valence-corrected chi connectivity index (χ4v) is 1.61. The third-order valence-electron chi connectivity index (χ3n) is 2.64. The maximum atomic E-state index is 12.4. The van der Waals surface area contributed by atoms with Crippen LogP contribution in [-0.4, -0.2) is 14.9 Å². The number of benzene rings is 1. The molecule has 0 aliphatic rings.